The minimum Gasteiger partial charge on any atom is -0.343 e. The molecule has 0 unspecified atom stereocenters. The minimum atomic E-state index is -0.208. The molecule has 1 N–H and O–H groups in total. The lowest BCUT2D eigenvalue weighted by Gasteiger charge is -2.31. The Labute approximate surface area is 129 Å². The zero-order chi connectivity index (χ0) is 14.8. The fourth-order valence-corrected chi connectivity index (χ4v) is 3.80. The van der Waals surface area contributed by atoms with E-state index in [0.717, 1.165) is 30.9 Å². The molecule has 0 aromatic carbocycles. The highest BCUT2D eigenvalue weighted by Crippen LogP contribution is 2.33. The van der Waals surface area contributed by atoms with Gasteiger partial charge in [0.05, 0.1) is 12.2 Å². The number of hydrogen-bond donors (Lipinski definition) is 1. The van der Waals surface area contributed by atoms with E-state index in [1.165, 1.54) is 30.6 Å². The Hall–Kier alpha value is -1.23. The number of amides is 1. The maximum atomic E-state index is 12.0. The fourth-order valence-electron chi connectivity index (χ4n) is 3.05. The van der Waals surface area contributed by atoms with Crippen LogP contribution >= 0.6 is 11.3 Å². The summed E-state index contributed by atoms with van der Waals surface area (Å²) in [6.45, 7) is 2.30. The summed E-state index contributed by atoms with van der Waals surface area (Å²) in [5.74, 6) is 1.52. The Bertz CT molecular complexity index is 530. The van der Waals surface area contributed by atoms with Gasteiger partial charge < -0.3 is 5.32 Å². The van der Waals surface area contributed by atoms with Crippen molar-refractivity contribution in [2.75, 3.05) is 6.54 Å². The molecule has 1 amide bonds. The van der Waals surface area contributed by atoms with Crippen LogP contribution in [0.1, 0.15) is 54.5 Å². The van der Waals surface area contributed by atoms with Crippen LogP contribution in [0.3, 0.4) is 0 Å². The van der Waals surface area contributed by atoms with Crippen molar-refractivity contribution in [1.29, 1.82) is 0 Å². The van der Waals surface area contributed by atoms with E-state index in [0.29, 0.717) is 10.9 Å². The third kappa shape index (κ3) is 3.51. The number of carbonyl (C=O) groups excluding carboxylic acids is 2. The highest BCUT2D eigenvalue weighted by molar-refractivity contribution is 7.11. The van der Waals surface area contributed by atoms with Crippen molar-refractivity contribution in [3.05, 3.63) is 16.1 Å². The molecule has 2 aliphatic carbocycles. The zero-order valence-corrected chi connectivity index (χ0v) is 13.2. The van der Waals surface area contributed by atoms with Crippen molar-refractivity contribution >= 4 is 23.0 Å². The standard InChI is InChI=1S/C16H22N2O2S/c1-10-5-12(6-10)14(19)8-17-15(20)16-18-13(9-21-16)7-11-3-2-4-11/h9-12H,2-8H2,1H3,(H,17,20). The van der Waals surface area contributed by atoms with E-state index in [1.54, 1.807) is 0 Å². The topological polar surface area (TPSA) is 59.1 Å². The van der Waals surface area contributed by atoms with Gasteiger partial charge in [0.1, 0.15) is 0 Å². The molecular formula is C16H22N2O2S. The number of nitrogens with one attached hydrogen (secondary N) is 1. The van der Waals surface area contributed by atoms with E-state index in [-0.39, 0.29) is 24.2 Å². The summed E-state index contributed by atoms with van der Waals surface area (Å²) in [4.78, 5) is 28.3. The van der Waals surface area contributed by atoms with Gasteiger partial charge >= 0.3 is 0 Å². The monoisotopic (exact) mass is 306 g/mol. The van der Waals surface area contributed by atoms with Gasteiger partial charge in [-0.25, -0.2) is 4.98 Å². The predicted octanol–water partition coefficient (Wildman–Crippen LogP) is 2.83. The number of rotatable bonds is 6. The van der Waals surface area contributed by atoms with Crippen LogP contribution in [-0.2, 0) is 11.2 Å². The molecule has 1 aromatic rings. The molecular weight excluding hydrogens is 284 g/mol. The van der Waals surface area contributed by atoms with E-state index in [9.17, 15) is 9.59 Å². The van der Waals surface area contributed by atoms with Crippen LogP contribution < -0.4 is 5.32 Å². The van der Waals surface area contributed by atoms with Gasteiger partial charge in [-0.1, -0.05) is 26.2 Å². The second kappa shape index (κ2) is 6.26. The maximum absolute atomic E-state index is 12.0. The van der Waals surface area contributed by atoms with Crippen LogP contribution in [0, 0.1) is 17.8 Å². The Kier molecular flexibility index (Phi) is 4.38. The average Bonchev–Trinajstić information content (AvgIpc) is 2.85. The Morgan fingerprint density at radius 3 is 2.76 bits per heavy atom. The van der Waals surface area contributed by atoms with E-state index < -0.39 is 0 Å². The number of aromatic nitrogens is 1. The Morgan fingerprint density at radius 2 is 2.14 bits per heavy atom. The molecule has 3 rings (SSSR count). The molecule has 0 saturated heterocycles. The zero-order valence-electron chi connectivity index (χ0n) is 12.4. The summed E-state index contributed by atoms with van der Waals surface area (Å²) < 4.78 is 0. The number of carbonyl (C=O) groups is 2. The Balaban J connectivity index is 1.45. The molecule has 2 fully saturated rings. The molecule has 114 valence electrons. The van der Waals surface area contributed by atoms with Crippen LogP contribution in [0.4, 0.5) is 0 Å². The lowest BCUT2D eigenvalue weighted by Crippen LogP contribution is -2.37. The van der Waals surface area contributed by atoms with Crippen LogP contribution in [0.15, 0.2) is 5.38 Å². The minimum absolute atomic E-state index is 0.147. The lowest BCUT2D eigenvalue weighted by molar-refractivity contribution is -0.125. The summed E-state index contributed by atoms with van der Waals surface area (Å²) in [5, 5.41) is 5.18. The molecule has 1 heterocycles. The van der Waals surface area contributed by atoms with Crippen LogP contribution in [-0.4, -0.2) is 23.2 Å². The smallest absolute Gasteiger partial charge is 0.280 e. The molecule has 2 saturated carbocycles. The molecule has 5 heteroatoms. The molecule has 0 bridgehead atoms. The molecule has 0 spiro atoms. The van der Waals surface area contributed by atoms with Gasteiger partial charge in [0.2, 0.25) is 0 Å². The second-order valence-corrected chi connectivity index (χ2v) is 7.43. The summed E-state index contributed by atoms with van der Waals surface area (Å²) in [7, 11) is 0. The fraction of sp³-hybridized carbons (Fsp3) is 0.688. The van der Waals surface area contributed by atoms with Crippen LogP contribution in [0.5, 0.6) is 0 Å². The van der Waals surface area contributed by atoms with Gasteiger partial charge in [0.15, 0.2) is 10.8 Å². The summed E-state index contributed by atoms with van der Waals surface area (Å²) in [6, 6.07) is 0. The van der Waals surface area contributed by atoms with Crippen LogP contribution in [0.2, 0.25) is 0 Å². The highest BCUT2D eigenvalue weighted by Gasteiger charge is 2.31. The normalized spacial score (nSPS) is 25.0. The largest absolute Gasteiger partial charge is 0.343 e. The Morgan fingerprint density at radius 1 is 1.38 bits per heavy atom. The molecule has 4 nitrogen and oxygen atoms in total. The van der Waals surface area contributed by atoms with Gasteiger partial charge in [0, 0.05) is 11.3 Å². The first kappa shape index (κ1) is 14.7. The quantitative estimate of drug-likeness (QED) is 0.879. The van der Waals surface area contributed by atoms with Crippen molar-refractivity contribution in [1.82, 2.24) is 10.3 Å². The molecule has 0 aliphatic heterocycles. The number of nitrogens with zero attached hydrogens (tertiary/aromatic N) is 1. The summed E-state index contributed by atoms with van der Waals surface area (Å²) in [5.41, 5.74) is 1.02. The van der Waals surface area contributed by atoms with E-state index >= 15 is 0 Å². The molecule has 0 atom stereocenters. The third-order valence-electron chi connectivity index (χ3n) is 4.72. The number of Topliss-reactive ketones (excluding diaryl/α,β-unsaturated/α-hetero) is 1. The van der Waals surface area contributed by atoms with Crippen molar-refractivity contribution < 1.29 is 9.59 Å². The SMILES string of the molecule is CC1CC(C(=O)CNC(=O)c2nc(CC3CCC3)cs2)C1. The van der Waals surface area contributed by atoms with Gasteiger partial charge in [0.25, 0.3) is 5.91 Å². The van der Waals surface area contributed by atoms with E-state index in [2.05, 4.69) is 17.2 Å². The van der Waals surface area contributed by atoms with Gasteiger partial charge in [-0.05, 0) is 31.1 Å². The third-order valence-corrected chi connectivity index (χ3v) is 5.61. The first-order valence-corrected chi connectivity index (χ1v) is 8.75. The van der Waals surface area contributed by atoms with Crippen molar-refractivity contribution in [2.45, 2.75) is 45.4 Å². The second-order valence-electron chi connectivity index (χ2n) is 6.57. The maximum Gasteiger partial charge on any atom is 0.280 e. The first-order valence-electron chi connectivity index (χ1n) is 7.87. The molecule has 1 aromatic heterocycles. The predicted molar refractivity (Wildman–Crippen MR) is 82.4 cm³/mol. The van der Waals surface area contributed by atoms with Crippen LogP contribution in [0.25, 0.3) is 0 Å². The summed E-state index contributed by atoms with van der Waals surface area (Å²) >= 11 is 1.38. The van der Waals surface area contributed by atoms with Gasteiger partial charge in [-0.2, -0.15) is 0 Å². The van der Waals surface area contributed by atoms with E-state index in [4.69, 9.17) is 0 Å². The van der Waals surface area contributed by atoms with Gasteiger partial charge in [-0.15, -0.1) is 11.3 Å². The van der Waals surface area contributed by atoms with E-state index in [1.807, 2.05) is 5.38 Å². The number of hydrogen-bond acceptors (Lipinski definition) is 4. The number of ketones is 1. The first-order chi connectivity index (χ1) is 10.1. The summed E-state index contributed by atoms with van der Waals surface area (Å²) in [6.07, 6.45) is 6.82. The molecule has 21 heavy (non-hydrogen) atoms. The van der Waals surface area contributed by atoms with Crippen molar-refractivity contribution in [3.8, 4) is 0 Å². The lowest BCUT2D eigenvalue weighted by atomic mass is 9.74. The number of thiazole rings is 1. The van der Waals surface area contributed by atoms with Crippen molar-refractivity contribution in [3.63, 3.8) is 0 Å². The molecule has 0 radical (unpaired) electrons. The average molecular weight is 306 g/mol. The highest BCUT2D eigenvalue weighted by atomic mass is 32.1. The van der Waals surface area contributed by atoms with Crippen molar-refractivity contribution in [2.24, 2.45) is 17.8 Å². The van der Waals surface area contributed by atoms with Gasteiger partial charge in [-0.3, -0.25) is 9.59 Å². The molecule has 2 aliphatic rings.